The smallest absolute Gasteiger partial charge is 0.261 e. The number of ether oxygens (including phenoxy) is 2. The molecule has 24 heavy (non-hydrogen) atoms. The van der Waals surface area contributed by atoms with Crippen molar-refractivity contribution in [3.8, 4) is 11.5 Å². The quantitative estimate of drug-likeness (QED) is 0.674. The Bertz CT molecular complexity index is 963. The van der Waals surface area contributed by atoms with Gasteiger partial charge in [0.2, 0.25) is 0 Å². The Labute approximate surface area is 138 Å². The molecule has 0 unspecified atom stereocenters. The van der Waals surface area contributed by atoms with E-state index in [-0.39, 0.29) is 17.9 Å². The fourth-order valence-electron chi connectivity index (χ4n) is 2.49. The van der Waals surface area contributed by atoms with Crippen molar-refractivity contribution in [1.29, 1.82) is 0 Å². The summed E-state index contributed by atoms with van der Waals surface area (Å²) in [5.74, 6) is 0.753. The zero-order valence-corrected chi connectivity index (χ0v) is 13.4. The lowest BCUT2D eigenvalue weighted by Crippen LogP contribution is -2.24. The van der Waals surface area contributed by atoms with E-state index in [1.165, 1.54) is 25.1 Å². The molecule has 1 heterocycles. The third kappa shape index (κ3) is 2.86. The van der Waals surface area contributed by atoms with Gasteiger partial charge >= 0.3 is 0 Å². The highest BCUT2D eigenvalue weighted by molar-refractivity contribution is 5.98. The number of carbonyl (C=O) groups excluding carboxylic acids is 1. The van der Waals surface area contributed by atoms with Gasteiger partial charge in [-0.05, 0) is 24.3 Å². The summed E-state index contributed by atoms with van der Waals surface area (Å²) in [6.45, 7) is -0.112. The molecule has 0 radical (unpaired) electrons. The zero-order valence-electron chi connectivity index (χ0n) is 13.4. The van der Waals surface area contributed by atoms with Gasteiger partial charge in [0.25, 0.3) is 5.56 Å². The van der Waals surface area contributed by atoms with Crippen LogP contribution in [-0.4, -0.2) is 29.6 Å². The van der Waals surface area contributed by atoms with E-state index in [0.717, 1.165) is 0 Å². The van der Waals surface area contributed by atoms with Gasteiger partial charge in [0.1, 0.15) is 11.5 Å². The maximum Gasteiger partial charge on any atom is 0.261 e. The highest BCUT2D eigenvalue weighted by Gasteiger charge is 2.15. The largest absolute Gasteiger partial charge is 0.497 e. The molecule has 6 heteroatoms. The summed E-state index contributed by atoms with van der Waals surface area (Å²) in [5, 5.41) is 0.481. The van der Waals surface area contributed by atoms with Crippen molar-refractivity contribution < 1.29 is 14.3 Å². The van der Waals surface area contributed by atoms with Gasteiger partial charge in [0.15, 0.2) is 5.78 Å². The number of hydrogen-bond acceptors (Lipinski definition) is 5. The lowest BCUT2D eigenvalue weighted by Gasteiger charge is -2.10. The molecule has 0 atom stereocenters. The number of Topliss-reactive ketones (excluding diaryl/α,β-unsaturated/α-hetero) is 1. The Morgan fingerprint density at radius 3 is 2.67 bits per heavy atom. The lowest BCUT2D eigenvalue weighted by atomic mass is 10.1. The molecule has 0 N–H and O–H groups in total. The van der Waals surface area contributed by atoms with Crippen LogP contribution in [0.2, 0.25) is 0 Å². The lowest BCUT2D eigenvalue weighted by molar-refractivity contribution is 0.0967. The number of nitrogens with zero attached hydrogens (tertiary/aromatic N) is 2. The van der Waals surface area contributed by atoms with Crippen LogP contribution in [0.25, 0.3) is 10.9 Å². The standard InChI is InChI=1S/C18H16N2O4/c1-23-12-7-8-14(17(9-12)24-2)16(21)10-20-11-19-15-6-4-3-5-13(15)18(20)22/h3-9,11H,10H2,1-2H3. The topological polar surface area (TPSA) is 70.4 Å². The maximum atomic E-state index is 12.6. The van der Waals surface area contributed by atoms with Gasteiger partial charge in [-0.1, -0.05) is 12.1 Å². The van der Waals surface area contributed by atoms with E-state index in [0.29, 0.717) is 28.0 Å². The predicted octanol–water partition coefficient (Wildman–Crippen LogP) is 2.30. The number of rotatable bonds is 5. The second-order valence-electron chi connectivity index (χ2n) is 5.18. The van der Waals surface area contributed by atoms with Crippen LogP contribution in [0.1, 0.15) is 10.4 Å². The second-order valence-corrected chi connectivity index (χ2v) is 5.18. The molecular formula is C18H16N2O4. The van der Waals surface area contributed by atoms with Crippen LogP contribution < -0.4 is 15.0 Å². The summed E-state index contributed by atoms with van der Waals surface area (Å²) in [5.41, 5.74) is 0.744. The van der Waals surface area contributed by atoms with E-state index < -0.39 is 0 Å². The molecule has 2 aromatic carbocycles. The van der Waals surface area contributed by atoms with Crippen molar-refractivity contribution in [2.45, 2.75) is 6.54 Å². The predicted molar refractivity (Wildman–Crippen MR) is 89.9 cm³/mol. The summed E-state index contributed by atoms with van der Waals surface area (Å²) in [4.78, 5) is 29.3. The monoisotopic (exact) mass is 324 g/mol. The number of hydrogen-bond donors (Lipinski definition) is 0. The van der Waals surface area contributed by atoms with Gasteiger partial charge in [-0.3, -0.25) is 14.2 Å². The van der Waals surface area contributed by atoms with Crippen LogP contribution in [0.15, 0.2) is 53.6 Å². The van der Waals surface area contributed by atoms with E-state index in [1.54, 1.807) is 36.4 Å². The van der Waals surface area contributed by atoms with Crippen molar-refractivity contribution in [2.24, 2.45) is 0 Å². The van der Waals surface area contributed by atoms with Crippen LogP contribution in [0.4, 0.5) is 0 Å². The average Bonchev–Trinajstić information content (AvgIpc) is 2.63. The number of para-hydroxylation sites is 1. The number of aromatic nitrogens is 2. The van der Waals surface area contributed by atoms with Crippen LogP contribution >= 0.6 is 0 Å². The van der Waals surface area contributed by atoms with E-state index in [9.17, 15) is 9.59 Å². The fraction of sp³-hybridized carbons (Fsp3) is 0.167. The number of methoxy groups -OCH3 is 2. The summed E-state index contributed by atoms with van der Waals surface area (Å²) in [6.07, 6.45) is 1.39. The first-order chi connectivity index (χ1) is 11.6. The van der Waals surface area contributed by atoms with Crippen LogP contribution in [-0.2, 0) is 6.54 Å². The minimum Gasteiger partial charge on any atom is -0.497 e. The van der Waals surface area contributed by atoms with Gasteiger partial charge in [-0.15, -0.1) is 0 Å². The van der Waals surface area contributed by atoms with Crippen LogP contribution in [0.5, 0.6) is 11.5 Å². The Kier molecular flexibility index (Phi) is 4.29. The molecule has 0 fully saturated rings. The molecule has 6 nitrogen and oxygen atoms in total. The first-order valence-electron chi connectivity index (χ1n) is 7.33. The second kappa shape index (κ2) is 6.54. The third-order valence-electron chi connectivity index (χ3n) is 3.75. The normalized spacial score (nSPS) is 10.6. The number of fused-ring (bicyclic) bond motifs is 1. The molecule has 0 aliphatic rings. The molecule has 3 aromatic rings. The minimum atomic E-state index is -0.249. The summed E-state index contributed by atoms with van der Waals surface area (Å²) in [6, 6.07) is 12.0. The van der Waals surface area contributed by atoms with E-state index >= 15 is 0 Å². The van der Waals surface area contributed by atoms with Crippen molar-refractivity contribution in [3.63, 3.8) is 0 Å². The number of ketones is 1. The third-order valence-corrected chi connectivity index (χ3v) is 3.75. The highest BCUT2D eigenvalue weighted by atomic mass is 16.5. The molecule has 0 aliphatic carbocycles. The summed E-state index contributed by atoms with van der Waals surface area (Å²) < 4.78 is 11.7. The first kappa shape index (κ1) is 15.7. The Hall–Kier alpha value is -3.15. The van der Waals surface area contributed by atoms with E-state index in [4.69, 9.17) is 9.47 Å². The van der Waals surface area contributed by atoms with Gasteiger partial charge in [0, 0.05) is 6.07 Å². The SMILES string of the molecule is COc1ccc(C(=O)Cn2cnc3ccccc3c2=O)c(OC)c1. The van der Waals surface area contributed by atoms with E-state index in [1.807, 2.05) is 6.07 Å². The van der Waals surface area contributed by atoms with Crippen molar-refractivity contribution >= 4 is 16.7 Å². The fourth-order valence-corrected chi connectivity index (χ4v) is 2.49. The molecule has 0 aliphatic heterocycles. The maximum absolute atomic E-state index is 12.6. The summed E-state index contributed by atoms with van der Waals surface area (Å²) >= 11 is 0. The first-order valence-corrected chi connectivity index (χ1v) is 7.33. The highest BCUT2D eigenvalue weighted by Crippen LogP contribution is 2.25. The Morgan fingerprint density at radius 2 is 1.92 bits per heavy atom. The van der Waals surface area contributed by atoms with Crippen molar-refractivity contribution in [3.05, 3.63) is 64.7 Å². The van der Waals surface area contributed by atoms with Crippen molar-refractivity contribution in [2.75, 3.05) is 14.2 Å². The molecule has 0 saturated carbocycles. The van der Waals surface area contributed by atoms with Gasteiger partial charge in [-0.2, -0.15) is 0 Å². The van der Waals surface area contributed by atoms with E-state index in [2.05, 4.69) is 4.98 Å². The molecular weight excluding hydrogens is 308 g/mol. The van der Waals surface area contributed by atoms with Gasteiger partial charge in [-0.25, -0.2) is 4.98 Å². The van der Waals surface area contributed by atoms with Crippen LogP contribution in [0.3, 0.4) is 0 Å². The molecule has 0 bridgehead atoms. The van der Waals surface area contributed by atoms with Crippen molar-refractivity contribution in [1.82, 2.24) is 9.55 Å². The molecule has 0 spiro atoms. The molecule has 3 rings (SSSR count). The molecule has 1 aromatic heterocycles. The number of benzene rings is 2. The molecule has 122 valence electrons. The Balaban J connectivity index is 1.96. The Morgan fingerprint density at radius 1 is 1.12 bits per heavy atom. The number of carbonyl (C=O) groups is 1. The average molecular weight is 324 g/mol. The minimum absolute atomic E-state index is 0.112. The molecule has 0 amide bonds. The molecule has 0 saturated heterocycles. The van der Waals surface area contributed by atoms with Gasteiger partial charge < -0.3 is 9.47 Å². The zero-order chi connectivity index (χ0) is 17.1. The summed E-state index contributed by atoms with van der Waals surface area (Å²) in [7, 11) is 3.02. The van der Waals surface area contributed by atoms with Gasteiger partial charge in [0.05, 0.1) is 43.6 Å². The van der Waals surface area contributed by atoms with Crippen LogP contribution in [0, 0.1) is 0 Å².